The van der Waals surface area contributed by atoms with Gasteiger partial charge in [-0.1, -0.05) is 20.3 Å². The molecule has 1 fully saturated rings. The molecule has 0 bridgehead atoms. The summed E-state index contributed by atoms with van der Waals surface area (Å²) in [5, 5.41) is 0. The number of hydrogen-bond acceptors (Lipinski definition) is 2. The van der Waals surface area contributed by atoms with Gasteiger partial charge in [0, 0.05) is 18.8 Å². The Morgan fingerprint density at radius 2 is 2.00 bits per heavy atom. The zero-order valence-corrected chi connectivity index (χ0v) is 10.7. The third-order valence-corrected chi connectivity index (χ3v) is 4.14. The monoisotopic (exact) mass is 236 g/mol. The number of benzene rings is 1. The van der Waals surface area contributed by atoms with E-state index in [4.69, 9.17) is 5.73 Å². The van der Waals surface area contributed by atoms with Crippen molar-refractivity contribution in [1.82, 2.24) is 0 Å². The first kappa shape index (κ1) is 12.2. The molecule has 17 heavy (non-hydrogen) atoms. The van der Waals surface area contributed by atoms with Gasteiger partial charge >= 0.3 is 0 Å². The van der Waals surface area contributed by atoms with Crippen molar-refractivity contribution in [3.63, 3.8) is 0 Å². The number of anilines is 2. The molecule has 0 radical (unpaired) electrons. The summed E-state index contributed by atoms with van der Waals surface area (Å²) in [6.07, 6.45) is 3.46. The van der Waals surface area contributed by atoms with Crippen LogP contribution < -0.4 is 10.6 Å². The van der Waals surface area contributed by atoms with Crippen molar-refractivity contribution < 1.29 is 4.39 Å². The quantitative estimate of drug-likeness (QED) is 0.797. The molecule has 3 heteroatoms. The van der Waals surface area contributed by atoms with Crippen LogP contribution in [0.2, 0.25) is 0 Å². The molecule has 0 saturated carbocycles. The van der Waals surface area contributed by atoms with E-state index in [9.17, 15) is 4.39 Å². The summed E-state index contributed by atoms with van der Waals surface area (Å²) in [6, 6.07) is 4.97. The number of hydrogen-bond donors (Lipinski definition) is 1. The minimum atomic E-state index is -0.204. The van der Waals surface area contributed by atoms with Gasteiger partial charge in [0.15, 0.2) is 0 Å². The Hall–Kier alpha value is -1.25. The van der Waals surface area contributed by atoms with Gasteiger partial charge in [0.25, 0.3) is 0 Å². The van der Waals surface area contributed by atoms with Crippen LogP contribution in [0.1, 0.15) is 33.1 Å². The van der Waals surface area contributed by atoms with E-state index < -0.39 is 0 Å². The molecule has 1 aliphatic rings. The summed E-state index contributed by atoms with van der Waals surface area (Å²) in [7, 11) is 0. The van der Waals surface area contributed by atoms with Gasteiger partial charge in [-0.15, -0.1) is 0 Å². The van der Waals surface area contributed by atoms with E-state index in [0.29, 0.717) is 16.8 Å². The average Bonchev–Trinajstić information content (AvgIpc) is 2.31. The summed E-state index contributed by atoms with van der Waals surface area (Å²) < 4.78 is 13.8. The molecular weight excluding hydrogens is 215 g/mol. The molecular formula is C14H21FN2. The van der Waals surface area contributed by atoms with Crippen molar-refractivity contribution in [2.75, 3.05) is 23.7 Å². The third kappa shape index (κ3) is 2.54. The predicted octanol–water partition coefficient (Wildman–Crippen LogP) is 3.42. The lowest BCUT2D eigenvalue weighted by molar-refractivity contribution is 0.237. The molecule has 2 rings (SSSR count). The zero-order valence-electron chi connectivity index (χ0n) is 10.7. The van der Waals surface area contributed by atoms with E-state index in [-0.39, 0.29) is 5.82 Å². The Kier molecular flexibility index (Phi) is 3.27. The smallest absolute Gasteiger partial charge is 0.148 e. The summed E-state index contributed by atoms with van der Waals surface area (Å²) in [5.41, 5.74) is 7.17. The van der Waals surface area contributed by atoms with E-state index >= 15 is 0 Å². The number of nitrogen functional groups attached to an aromatic ring is 1. The number of nitrogens with zero attached hydrogens (tertiary/aromatic N) is 1. The first-order chi connectivity index (χ1) is 8.04. The predicted molar refractivity (Wildman–Crippen MR) is 70.7 cm³/mol. The Labute approximate surface area is 103 Å². The van der Waals surface area contributed by atoms with E-state index in [2.05, 4.69) is 18.7 Å². The second kappa shape index (κ2) is 4.55. The summed E-state index contributed by atoms with van der Waals surface area (Å²) in [5.74, 6) is -0.204. The van der Waals surface area contributed by atoms with Gasteiger partial charge in [-0.25, -0.2) is 4.39 Å². The van der Waals surface area contributed by atoms with Gasteiger partial charge in [0.2, 0.25) is 0 Å². The molecule has 1 aliphatic heterocycles. The highest BCUT2D eigenvalue weighted by molar-refractivity contribution is 5.54. The number of halogens is 1. The van der Waals surface area contributed by atoms with Crippen LogP contribution in [-0.2, 0) is 0 Å². The van der Waals surface area contributed by atoms with Crippen LogP contribution >= 0.6 is 0 Å². The van der Waals surface area contributed by atoms with Crippen molar-refractivity contribution in [2.45, 2.75) is 33.1 Å². The second-order valence-corrected chi connectivity index (χ2v) is 5.36. The SMILES string of the molecule is CCC1(C)CCN(c2ccc(N)cc2F)CC1. The molecule has 0 amide bonds. The van der Waals surface area contributed by atoms with Gasteiger partial charge < -0.3 is 10.6 Å². The number of rotatable bonds is 2. The Morgan fingerprint density at radius 3 is 2.53 bits per heavy atom. The van der Waals surface area contributed by atoms with E-state index in [1.807, 2.05) is 0 Å². The van der Waals surface area contributed by atoms with Crippen LogP contribution in [0, 0.1) is 11.2 Å². The molecule has 0 aromatic heterocycles. The Bertz CT molecular complexity index is 395. The van der Waals surface area contributed by atoms with Crippen molar-refractivity contribution in [3.05, 3.63) is 24.0 Å². The lowest BCUT2D eigenvalue weighted by atomic mass is 9.78. The van der Waals surface area contributed by atoms with Crippen LogP contribution in [-0.4, -0.2) is 13.1 Å². The highest BCUT2D eigenvalue weighted by Crippen LogP contribution is 2.36. The largest absolute Gasteiger partial charge is 0.399 e. The molecule has 0 spiro atoms. The van der Waals surface area contributed by atoms with Gasteiger partial charge in [0.1, 0.15) is 5.82 Å². The molecule has 1 heterocycles. The van der Waals surface area contributed by atoms with E-state index in [0.717, 1.165) is 25.9 Å². The maximum Gasteiger partial charge on any atom is 0.148 e. The van der Waals surface area contributed by atoms with Gasteiger partial charge in [-0.2, -0.15) is 0 Å². The zero-order chi connectivity index (χ0) is 12.5. The second-order valence-electron chi connectivity index (χ2n) is 5.36. The fourth-order valence-corrected chi connectivity index (χ4v) is 2.42. The van der Waals surface area contributed by atoms with Gasteiger partial charge in [-0.3, -0.25) is 0 Å². The van der Waals surface area contributed by atoms with Crippen LogP contribution in [0.4, 0.5) is 15.8 Å². The molecule has 1 aromatic rings. The van der Waals surface area contributed by atoms with E-state index in [1.165, 1.54) is 12.5 Å². The lowest BCUT2D eigenvalue weighted by Crippen LogP contribution is -2.38. The van der Waals surface area contributed by atoms with Crippen LogP contribution in [0.5, 0.6) is 0 Å². The molecule has 0 atom stereocenters. The molecule has 1 saturated heterocycles. The minimum absolute atomic E-state index is 0.204. The summed E-state index contributed by atoms with van der Waals surface area (Å²) in [4.78, 5) is 2.13. The maximum absolute atomic E-state index is 13.8. The number of piperidine rings is 1. The first-order valence-electron chi connectivity index (χ1n) is 6.34. The first-order valence-corrected chi connectivity index (χ1v) is 6.34. The standard InChI is InChI=1S/C14H21FN2/c1-3-14(2)6-8-17(9-7-14)13-5-4-11(16)10-12(13)15/h4-5,10H,3,6-9,16H2,1-2H3. The van der Waals surface area contributed by atoms with Gasteiger partial charge in [0.05, 0.1) is 5.69 Å². The highest BCUT2D eigenvalue weighted by atomic mass is 19.1. The normalized spacial score (nSPS) is 19.4. The van der Waals surface area contributed by atoms with Crippen LogP contribution in [0.25, 0.3) is 0 Å². The van der Waals surface area contributed by atoms with Crippen molar-refractivity contribution in [3.8, 4) is 0 Å². The van der Waals surface area contributed by atoms with Crippen molar-refractivity contribution >= 4 is 11.4 Å². The van der Waals surface area contributed by atoms with Crippen LogP contribution in [0.3, 0.4) is 0 Å². The van der Waals surface area contributed by atoms with Gasteiger partial charge in [-0.05, 0) is 36.5 Å². The molecule has 0 aliphatic carbocycles. The maximum atomic E-state index is 13.8. The molecule has 1 aromatic carbocycles. The summed E-state index contributed by atoms with van der Waals surface area (Å²) in [6.45, 7) is 6.43. The Morgan fingerprint density at radius 1 is 1.35 bits per heavy atom. The molecule has 94 valence electrons. The lowest BCUT2D eigenvalue weighted by Gasteiger charge is -2.40. The average molecular weight is 236 g/mol. The highest BCUT2D eigenvalue weighted by Gasteiger charge is 2.29. The minimum Gasteiger partial charge on any atom is -0.399 e. The van der Waals surface area contributed by atoms with E-state index in [1.54, 1.807) is 12.1 Å². The topological polar surface area (TPSA) is 29.3 Å². The molecule has 0 unspecified atom stereocenters. The summed E-state index contributed by atoms with van der Waals surface area (Å²) >= 11 is 0. The fourth-order valence-electron chi connectivity index (χ4n) is 2.42. The molecule has 2 nitrogen and oxygen atoms in total. The Balaban J connectivity index is 2.10. The van der Waals surface area contributed by atoms with Crippen molar-refractivity contribution in [2.24, 2.45) is 5.41 Å². The third-order valence-electron chi connectivity index (χ3n) is 4.14. The van der Waals surface area contributed by atoms with Crippen molar-refractivity contribution in [1.29, 1.82) is 0 Å². The molecule has 2 N–H and O–H groups in total. The fraction of sp³-hybridized carbons (Fsp3) is 0.571. The van der Waals surface area contributed by atoms with Crippen LogP contribution in [0.15, 0.2) is 18.2 Å². The number of nitrogens with two attached hydrogens (primary N) is 1.